The lowest BCUT2D eigenvalue weighted by atomic mass is 10.0. The standard InChI is InChI=1S/C28H32F3N7O4/c1-18-6-5-11-38(17-18)27-35-24(28(29,30)31)23(42-27)25(39)33-19-9-10-22(32-16-19)36-12-14-37(15-13-36)26(40)34-20-7-3-4-8-21(20)41-2/h3-4,7-10,16,18H,5-6,11-15,17H2,1-2H3,(H,33,39)(H,34,40). The van der Waals surface area contributed by atoms with Crippen molar-refractivity contribution in [1.82, 2.24) is 14.9 Å². The van der Waals surface area contributed by atoms with Crippen molar-refractivity contribution in [1.29, 1.82) is 0 Å². The van der Waals surface area contributed by atoms with Gasteiger partial charge < -0.3 is 34.5 Å². The summed E-state index contributed by atoms with van der Waals surface area (Å²) in [6.45, 7) is 4.95. The molecule has 2 saturated heterocycles. The molecule has 0 bridgehead atoms. The van der Waals surface area contributed by atoms with Crippen LogP contribution in [0.5, 0.6) is 5.75 Å². The Balaban J connectivity index is 1.19. The molecule has 11 nitrogen and oxygen atoms in total. The average Bonchev–Trinajstić information content (AvgIpc) is 3.45. The minimum absolute atomic E-state index is 0.205. The molecular weight excluding hydrogens is 555 g/mol. The van der Waals surface area contributed by atoms with E-state index in [0.717, 1.165) is 12.8 Å². The number of halogens is 3. The Hall–Kier alpha value is -4.49. The van der Waals surface area contributed by atoms with E-state index in [0.29, 0.717) is 56.5 Å². The summed E-state index contributed by atoms with van der Waals surface area (Å²) in [5.41, 5.74) is -0.571. The molecule has 224 valence electrons. The van der Waals surface area contributed by atoms with E-state index in [-0.39, 0.29) is 23.7 Å². The number of aromatic nitrogens is 2. The third kappa shape index (κ3) is 6.52. The van der Waals surface area contributed by atoms with Gasteiger partial charge in [0, 0.05) is 39.3 Å². The smallest absolute Gasteiger partial charge is 0.437 e. The zero-order valence-electron chi connectivity index (χ0n) is 23.3. The number of hydrogen-bond acceptors (Lipinski definition) is 8. The van der Waals surface area contributed by atoms with Crippen LogP contribution in [0, 0.1) is 5.92 Å². The van der Waals surface area contributed by atoms with Gasteiger partial charge >= 0.3 is 12.2 Å². The summed E-state index contributed by atoms with van der Waals surface area (Å²) in [7, 11) is 1.54. The highest BCUT2D eigenvalue weighted by molar-refractivity contribution is 6.03. The zero-order valence-corrected chi connectivity index (χ0v) is 23.3. The molecule has 14 heteroatoms. The highest BCUT2D eigenvalue weighted by Gasteiger charge is 2.42. The quantitative estimate of drug-likeness (QED) is 0.417. The average molecular weight is 588 g/mol. The SMILES string of the molecule is COc1ccccc1NC(=O)N1CCN(c2ccc(NC(=O)c3oc(N4CCCC(C)C4)nc3C(F)(F)F)cn2)CC1. The van der Waals surface area contributed by atoms with Crippen molar-refractivity contribution in [3.63, 3.8) is 0 Å². The molecule has 3 amide bonds. The molecule has 1 unspecified atom stereocenters. The summed E-state index contributed by atoms with van der Waals surface area (Å²) in [6, 6.07) is 9.91. The fourth-order valence-corrected chi connectivity index (χ4v) is 5.07. The Labute approximate surface area is 240 Å². The molecule has 2 aliphatic heterocycles. The second-order valence-electron chi connectivity index (χ2n) is 10.3. The second-order valence-corrected chi connectivity index (χ2v) is 10.3. The monoisotopic (exact) mass is 587 g/mol. The third-order valence-corrected chi connectivity index (χ3v) is 7.26. The number of benzene rings is 1. The molecule has 1 atom stereocenters. The van der Waals surface area contributed by atoms with Gasteiger partial charge in [-0.25, -0.2) is 9.78 Å². The van der Waals surface area contributed by atoms with Crippen LogP contribution in [0.1, 0.15) is 36.0 Å². The Morgan fingerprint density at radius 2 is 1.79 bits per heavy atom. The summed E-state index contributed by atoms with van der Waals surface area (Å²) in [5.74, 6) is -0.496. The van der Waals surface area contributed by atoms with Gasteiger partial charge in [0.25, 0.3) is 11.9 Å². The topological polar surface area (TPSA) is 116 Å². The van der Waals surface area contributed by atoms with Crippen LogP contribution in [0.4, 0.5) is 41.2 Å². The minimum Gasteiger partial charge on any atom is -0.495 e. The lowest BCUT2D eigenvalue weighted by molar-refractivity contribution is -0.141. The number of para-hydroxylation sites is 2. The molecule has 2 fully saturated rings. The fraction of sp³-hybridized carbons (Fsp3) is 0.429. The molecule has 1 aromatic carbocycles. The maximum absolute atomic E-state index is 13.7. The van der Waals surface area contributed by atoms with Gasteiger partial charge in [-0.05, 0) is 43.0 Å². The number of carbonyl (C=O) groups excluding carboxylic acids is 2. The van der Waals surface area contributed by atoms with E-state index >= 15 is 0 Å². The first-order valence-corrected chi connectivity index (χ1v) is 13.7. The van der Waals surface area contributed by atoms with Crippen LogP contribution in [-0.4, -0.2) is 73.2 Å². The molecule has 0 aliphatic carbocycles. The van der Waals surface area contributed by atoms with Gasteiger partial charge in [-0.1, -0.05) is 19.1 Å². The van der Waals surface area contributed by atoms with Crippen molar-refractivity contribution in [3.8, 4) is 5.75 Å². The summed E-state index contributed by atoms with van der Waals surface area (Å²) in [6.07, 6.45) is -1.72. The minimum atomic E-state index is -4.86. The molecule has 5 rings (SSSR count). The van der Waals surface area contributed by atoms with Crippen LogP contribution in [0.25, 0.3) is 0 Å². The van der Waals surface area contributed by atoms with Gasteiger partial charge in [-0.2, -0.15) is 18.2 Å². The zero-order chi connectivity index (χ0) is 29.9. The Kier molecular flexibility index (Phi) is 8.41. The van der Waals surface area contributed by atoms with Gasteiger partial charge in [-0.15, -0.1) is 0 Å². The van der Waals surface area contributed by atoms with Crippen LogP contribution in [0.3, 0.4) is 0 Å². The number of urea groups is 1. The highest BCUT2D eigenvalue weighted by atomic mass is 19.4. The fourth-order valence-electron chi connectivity index (χ4n) is 5.07. The van der Waals surface area contributed by atoms with Crippen molar-refractivity contribution in [2.75, 3.05) is 66.8 Å². The van der Waals surface area contributed by atoms with Crippen molar-refractivity contribution < 1.29 is 31.9 Å². The Morgan fingerprint density at radius 3 is 2.45 bits per heavy atom. The van der Waals surface area contributed by atoms with Crippen molar-refractivity contribution in [2.45, 2.75) is 25.9 Å². The first kappa shape index (κ1) is 29.0. The van der Waals surface area contributed by atoms with Gasteiger partial charge in [0.15, 0.2) is 5.69 Å². The lowest BCUT2D eigenvalue weighted by Crippen LogP contribution is -2.50. The van der Waals surface area contributed by atoms with E-state index in [9.17, 15) is 22.8 Å². The Morgan fingerprint density at radius 1 is 1.02 bits per heavy atom. The van der Waals surface area contributed by atoms with E-state index in [4.69, 9.17) is 9.15 Å². The number of hydrogen-bond donors (Lipinski definition) is 2. The van der Waals surface area contributed by atoms with Crippen molar-refractivity contribution in [3.05, 3.63) is 54.0 Å². The van der Waals surface area contributed by atoms with Gasteiger partial charge in [-0.3, -0.25) is 4.79 Å². The molecule has 2 N–H and O–H groups in total. The summed E-state index contributed by atoms with van der Waals surface area (Å²) in [5, 5.41) is 5.30. The normalized spacial score (nSPS) is 17.6. The number of ether oxygens (including phenoxy) is 1. The number of nitrogens with one attached hydrogen (secondary N) is 2. The lowest BCUT2D eigenvalue weighted by Gasteiger charge is -2.35. The first-order chi connectivity index (χ1) is 20.1. The molecule has 0 radical (unpaired) electrons. The van der Waals surface area contributed by atoms with Gasteiger partial charge in [0.05, 0.1) is 24.7 Å². The Bertz CT molecular complexity index is 1410. The summed E-state index contributed by atoms with van der Waals surface area (Å²) < 4.78 is 51.8. The molecule has 2 aliphatic rings. The number of anilines is 4. The molecule has 0 spiro atoms. The molecule has 0 saturated carbocycles. The molecule has 2 aromatic heterocycles. The molecule has 42 heavy (non-hydrogen) atoms. The number of nitrogens with zero attached hydrogens (tertiary/aromatic N) is 5. The van der Waals surface area contributed by atoms with Gasteiger partial charge in [0.2, 0.25) is 5.76 Å². The van der Waals surface area contributed by atoms with E-state index in [1.165, 1.54) is 13.3 Å². The highest BCUT2D eigenvalue weighted by Crippen LogP contribution is 2.35. The number of piperidine rings is 1. The number of rotatable bonds is 6. The summed E-state index contributed by atoms with van der Waals surface area (Å²) in [4.78, 5) is 38.9. The van der Waals surface area contributed by atoms with E-state index in [2.05, 4.69) is 20.6 Å². The third-order valence-electron chi connectivity index (χ3n) is 7.26. The van der Waals surface area contributed by atoms with Crippen LogP contribution < -0.4 is 25.2 Å². The number of oxazole rings is 1. The largest absolute Gasteiger partial charge is 0.495 e. The number of alkyl halides is 3. The first-order valence-electron chi connectivity index (χ1n) is 13.7. The number of pyridine rings is 1. The van der Waals surface area contributed by atoms with E-state index in [1.54, 1.807) is 34.1 Å². The number of carbonyl (C=O) groups is 2. The van der Waals surface area contributed by atoms with Crippen molar-refractivity contribution >= 4 is 35.1 Å². The number of methoxy groups -OCH3 is 1. The van der Waals surface area contributed by atoms with Crippen LogP contribution in [0.15, 0.2) is 47.0 Å². The second kappa shape index (κ2) is 12.2. The molecular formula is C28H32F3N7O4. The van der Waals surface area contributed by atoms with Gasteiger partial charge in [0.1, 0.15) is 11.6 Å². The van der Waals surface area contributed by atoms with E-state index < -0.39 is 23.5 Å². The van der Waals surface area contributed by atoms with Crippen LogP contribution >= 0.6 is 0 Å². The van der Waals surface area contributed by atoms with Crippen LogP contribution in [0.2, 0.25) is 0 Å². The summed E-state index contributed by atoms with van der Waals surface area (Å²) >= 11 is 0. The predicted molar refractivity (Wildman–Crippen MR) is 150 cm³/mol. The number of piperazine rings is 1. The maximum Gasteiger partial charge on any atom is 0.437 e. The van der Waals surface area contributed by atoms with Crippen molar-refractivity contribution in [2.24, 2.45) is 5.92 Å². The maximum atomic E-state index is 13.7. The number of amides is 3. The molecule has 4 heterocycles. The molecule has 3 aromatic rings. The van der Waals surface area contributed by atoms with E-state index in [1.807, 2.05) is 24.0 Å². The predicted octanol–water partition coefficient (Wildman–Crippen LogP) is 4.94. The van der Waals surface area contributed by atoms with Crippen LogP contribution in [-0.2, 0) is 6.18 Å².